The molecule has 0 saturated carbocycles. The van der Waals surface area contributed by atoms with Crippen LogP contribution in [-0.4, -0.2) is 22.8 Å². The van der Waals surface area contributed by atoms with Crippen molar-refractivity contribution in [1.82, 2.24) is 0 Å². The van der Waals surface area contributed by atoms with E-state index < -0.39 is 8.56 Å². The second-order valence-corrected chi connectivity index (χ2v) is 6.93. The monoisotopic (exact) mass is 212 g/mol. The first-order chi connectivity index (χ1) is 6.68. The van der Waals surface area contributed by atoms with Gasteiger partial charge in [-0.3, -0.25) is 0 Å². The van der Waals surface area contributed by atoms with Crippen LogP contribution in [-0.2, 0) is 8.85 Å². The summed E-state index contributed by atoms with van der Waals surface area (Å²) in [4.78, 5) is 0. The molecule has 1 aliphatic rings. The molecule has 0 aromatic carbocycles. The highest BCUT2D eigenvalue weighted by atomic mass is 28.4. The summed E-state index contributed by atoms with van der Waals surface area (Å²) in [6.07, 6.45) is 7.91. The third kappa shape index (κ3) is 2.16. The van der Waals surface area contributed by atoms with Crippen molar-refractivity contribution in [2.24, 2.45) is 0 Å². The summed E-state index contributed by atoms with van der Waals surface area (Å²) in [6, 6.07) is 0. The number of hydrogen-bond acceptors (Lipinski definition) is 2. The molecule has 0 unspecified atom stereocenters. The highest BCUT2D eigenvalue weighted by Gasteiger charge is 2.36. The van der Waals surface area contributed by atoms with Crippen molar-refractivity contribution in [2.75, 3.05) is 14.2 Å². The average Bonchev–Trinajstić information content (AvgIpc) is 2.66. The normalized spacial score (nSPS) is 16.9. The van der Waals surface area contributed by atoms with Crippen LogP contribution in [0, 0.1) is 0 Å². The lowest BCUT2D eigenvalue weighted by atomic mass is 10.2. The Balaban J connectivity index is 2.82. The number of allylic oxidation sites excluding steroid dienone is 4. The van der Waals surface area contributed by atoms with Crippen LogP contribution >= 0.6 is 0 Å². The van der Waals surface area contributed by atoms with Crippen molar-refractivity contribution in [3.63, 3.8) is 0 Å². The zero-order chi connectivity index (χ0) is 10.6. The first-order valence-electron chi connectivity index (χ1n) is 5.18. The molecule has 0 N–H and O–H groups in total. The van der Waals surface area contributed by atoms with Crippen LogP contribution in [0.5, 0.6) is 0 Å². The Hall–Kier alpha value is -0.383. The molecule has 0 amide bonds. The highest BCUT2D eigenvalue weighted by molar-refractivity contribution is 6.74. The van der Waals surface area contributed by atoms with Crippen molar-refractivity contribution in [3.05, 3.63) is 22.9 Å². The molecule has 0 saturated heterocycles. The zero-order valence-corrected chi connectivity index (χ0v) is 10.6. The molecule has 0 spiro atoms. The van der Waals surface area contributed by atoms with Gasteiger partial charge in [0.1, 0.15) is 0 Å². The molecular weight excluding hydrogens is 192 g/mol. The van der Waals surface area contributed by atoms with Gasteiger partial charge in [-0.25, -0.2) is 0 Å². The molecule has 0 aliphatic heterocycles. The Morgan fingerprint density at radius 3 is 2.43 bits per heavy atom. The van der Waals surface area contributed by atoms with Crippen LogP contribution in [0.15, 0.2) is 22.9 Å². The Kier molecular flexibility index (Phi) is 4.10. The van der Waals surface area contributed by atoms with Gasteiger partial charge in [-0.2, -0.15) is 0 Å². The number of rotatable bonds is 5. The van der Waals surface area contributed by atoms with Gasteiger partial charge in [-0.1, -0.05) is 25.5 Å². The Morgan fingerprint density at radius 2 is 1.93 bits per heavy atom. The lowest BCUT2D eigenvalue weighted by Gasteiger charge is -2.26. The molecule has 0 fully saturated rings. The summed E-state index contributed by atoms with van der Waals surface area (Å²) < 4.78 is 11.1. The lowest BCUT2D eigenvalue weighted by molar-refractivity contribution is 0.260. The zero-order valence-electron chi connectivity index (χ0n) is 9.59. The van der Waals surface area contributed by atoms with Gasteiger partial charge in [0, 0.05) is 14.2 Å². The van der Waals surface area contributed by atoms with Gasteiger partial charge < -0.3 is 8.85 Å². The first kappa shape index (κ1) is 11.7. The lowest BCUT2D eigenvalue weighted by Crippen LogP contribution is -2.39. The van der Waals surface area contributed by atoms with E-state index in [0.717, 1.165) is 12.8 Å². The van der Waals surface area contributed by atoms with E-state index in [4.69, 9.17) is 8.85 Å². The van der Waals surface area contributed by atoms with Crippen LogP contribution in [0.2, 0.25) is 6.55 Å². The van der Waals surface area contributed by atoms with E-state index in [0.29, 0.717) is 0 Å². The second-order valence-electron chi connectivity index (χ2n) is 3.69. The third-order valence-electron chi connectivity index (χ3n) is 2.82. The molecule has 0 atom stereocenters. The van der Waals surface area contributed by atoms with Gasteiger partial charge in [0.25, 0.3) is 0 Å². The van der Waals surface area contributed by atoms with Gasteiger partial charge in [0.05, 0.1) is 0 Å². The minimum absolute atomic E-state index is 1.04. The average molecular weight is 212 g/mol. The van der Waals surface area contributed by atoms with E-state index in [9.17, 15) is 0 Å². The standard InChI is InChI=1S/C11H20O2Si/c1-5-7-10-8-6-9-11(10)14(4,12-2)13-3/h8-9H,5-7H2,1-4H3. The Labute approximate surface area is 87.9 Å². The molecule has 0 aromatic heterocycles. The fourth-order valence-corrected chi connectivity index (χ4v) is 3.75. The summed E-state index contributed by atoms with van der Waals surface area (Å²) >= 11 is 0. The Bertz CT molecular complexity index is 252. The third-order valence-corrected chi connectivity index (χ3v) is 5.88. The van der Waals surface area contributed by atoms with E-state index in [-0.39, 0.29) is 0 Å². The van der Waals surface area contributed by atoms with E-state index in [1.807, 2.05) is 0 Å². The summed E-state index contributed by atoms with van der Waals surface area (Å²) in [7, 11) is 1.43. The van der Waals surface area contributed by atoms with Crippen molar-refractivity contribution in [1.29, 1.82) is 0 Å². The van der Waals surface area contributed by atoms with Gasteiger partial charge in [0.2, 0.25) is 0 Å². The van der Waals surface area contributed by atoms with E-state index in [1.54, 1.807) is 14.2 Å². The van der Waals surface area contributed by atoms with Gasteiger partial charge in [-0.05, 0) is 30.2 Å². The fraction of sp³-hybridized carbons (Fsp3) is 0.636. The van der Waals surface area contributed by atoms with Crippen LogP contribution < -0.4 is 0 Å². The number of hydrogen-bond donors (Lipinski definition) is 0. The Morgan fingerprint density at radius 1 is 1.29 bits per heavy atom. The minimum Gasteiger partial charge on any atom is -0.394 e. The maximum Gasteiger partial charge on any atom is 0.368 e. The predicted octanol–water partition coefficient (Wildman–Crippen LogP) is 2.95. The fourth-order valence-electron chi connectivity index (χ4n) is 1.85. The molecule has 1 rings (SSSR count). The van der Waals surface area contributed by atoms with E-state index >= 15 is 0 Å². The van der Waals surface area contributed by atoms with Crippen molar-refractivity contribution >= 4 is 8.56 Å². The second kappa shape index (κ2) is 4.91. The van der Waals surface area contributed by atoms with Gasteiger partial charge in [-0.15, -0.1) is 0 Å². The van der Waals surface area contributed by atoms with Crippen molar-refractivity contribution < 1.29 is 8.85 Å². The predicted molar refractivity (Wildman–Crippen MR) is 61.3 cm³/mol. The summed E-state index contributed by atoms with van der Waals surface area (Å²) in [6.45, 7) is 4.31. The molecule has 0 bridgehead atoms. The van der Waals surface area contributed by atoms with Crippen LogP contribution in [0.3, 0.4) is 0 Å². The molecule has 3 heteroatoms. The molecular formula is C11H20O2Si. The van der Waals surface area contributed by atoms with Crippen LogP contribution in [0.4, 0.5) is 0 Å². The summed E-state index contributed by atoms with van der Waals surface area (Å²) in [5.74, 6) is 0. The van der Waals surface area contributed by atoms with E-state index in [1.165, 1.54) is 17.2 Å². The molecule has 0 aromatic rings. The SMILES string of the molecule is CCCC1=CCC=C1[Si](C)(OC)OC. The molecule has 80 valence electrons. The van der Waals surface area contributed by atoms with Gasteiger partial charge in [0.15, 0.2) is 0 Å². The molecule has 2 nitrogen and oxygen atoms in total. The van der Waals surface area contributed by atoms with Gasteiger partial charge >= 0.3 is 8.56 Å². The largest absolute Gasteiger partial charge is 0.394 e. The quantitative estimate of drug-likeness (QED) is 0.652. The molecule has 0 radical (unpaired) electrons. The van der Waals surface area contributed by atoms with E-state index in [2.05, 4.69) is 25.6 Å². The maximum atomic E-state index is 5.56. The van der Waals surface area contributed by atoms with Crippen LogP contribution in [0.25, 0.3) is 0 Å². The maximum absolute atomic E-state index is 5.56. The smallest absolute Gasteiger partial charge is 0.368 e. The molecule has 14 heavy (non-hydrogen) atoms. The van der Waals surface area contributed by atoms with Crippen molar-refractivity contribution in [2.45, 2.75) is 32.7 Å². The first-order valence-corrected chi connectivity index (χ1v) is 7.50. The summed E-state index contributed by atoms with van der Waals surface area (Å²) in [5, 5.41) is 1.34. The molecule has 0 heterocycles. The summed E-state index contributed by atoms with van der Waals surface area (Å²) in [5.41, 5.74) is 1.44. The minimum atomic E-state index is -2.07. The van der Waals surface area contributed by atoms with Crippen LogP contribution in [0.1, 0.15) is 26.2 Å². The van der Waals surface area contributed by atoms with Crippen molar-refractivity contribution in [3.8, 4) is 0 Å². The topological polar surface area (TPSA) is 18.5 Å². The highest BCUT2D eigenvalue weighted by Crippen LogP contribution is 2.31. The molecule has 1 aliphatic carbocycles.